The van der Waals surface area contributed by atoms with Crippen LogP contribution in [0.5, 0.6) is 0 Å². The number of nitrogens with zero attached hydrogens (tertiary/aromatic N) is 5. The van der Waals surface area contributed by atoms with Gasteiger partial charge in [0.05, 0.1) is 17.5 Å². The number of benzene rings is 2. The number of methoxy groups -OCH3 is 1. The molecular weight excluding hydrogens is 518 g/mol. The SMILES string of the molecule is COC1CC(c2cc(-c3ccc(NC(=O)c4c5n(n(-c6ccccc6)c4=O)CCCC5)cc3)c3c(N)ncnn23)C1. The van der Waals surface area contributed by atoms with Gasteiger partial charge in [0.25, 0.3) is 11.5 Å². The molecule has 1 aliphatic carbocycles. The van der Waals surface area contributed by atoms with Gasteiger partial charge in [0.15, 0.2) is 5.82 Å². The van der Waals surface area contributed by atoms with Crippen LogP contribution in [0.3, 0.4) is 0 Å². The maximum Gasteiger partial charge on any atom is 0.284 e. The number of nitrogens with one attached hydrogen (secondary N) is 1. The van der Waals surface area contributed by atoms with Crippen molar-refractivity contribution in [3.63, 3.8) is 0 Å². The Morgan fingerprint density at radius 3 is 2.61 bits per heavy atom. The lowest BCUT2D eigenvalue weighted by Crippen LogP contribution is -2.29. The monoisotopic (exact) mass is 549 g/mol. The summed E-state index contributed by atoms with van der Waals surface area (Å²) in [6, 6.07) is 19.2. The molecule has 0 bridgehead atoms. The first-order valence-corrected chi connectivity index (χ1v) is 14.0. The summed E-state index contributed by atoms with van der Waals surface area (Å²) < 4.78 is 11.0. The lowest BCUT2D eigenvalue weighted by molar-refractivity contribution is 0.0243. The molecule has 7 rings (SSSR count). The Balaban J connectivity index is 1.19. The van der Waals surface area contributed by atoms with E-state index in [1.807, 2.05) is 63.8 Å². The molecule has 2 aromatic carbocycles. The molecule has 3 N–H and O–H groups in total. The molecule has 1 saturated carbocycles. The number of nitrogens with two attached hydrogens (primary N) is 1. The number of carbonyl (C=O) groups is 1. The number of anilines is 2. The van der Waals surface area contributed by atoms with E-state index in [0.29, 0.717) is 30.4 Å². The quantitative estimate of drug-likeness (QED) is 0.324. The molecule has 3 aromatic heterocycles. The van der Waals surface area contributed by atoms with E-state index < -0.39 is 5.91 Å². The molecule has 1 amide bonds. The molecule has 0 unspecified atom stereocenters. The smallest absolute Gasteiger partial charge is 0.284 e. The average molecular weight is 550 g/mol. The van der Waals surface area contributed by atoms with Crippen LogP contribution in [-0.4, -0.2) is 43.1 Å². The van der Waals surface area contributed by atoms with E-state index >= 15 is 0 Å². The molecule has 41 heavy (non-hydrogen) atoms. The zero-order valence-corrected chi connectivity index (χ0v) is 22.8. The Hall–Kier alpha value is -4.70. The van der Waals surface area contributed by atoms with Crippen molar-refractivity contribution < 1.29 is 9.53 Å². The Kier molecular flexibility index (Phi) is 6.19. The van der Waals surface area contributed by atoms with E-state index in [4.69, 9.17) is 10.5 Å². The highest BCUT2D eigenvalue weighted by molar-refractivity contribution is 6.05. The Morgan fingerprint density at radius 2 is 1.85 bits per heavy atom. The maximum absolute atomic E-state index is 13.6. The Labute approximate surface area is 236 Å². The summed E-state index contributed by atoms with van der Waals surface area (Å²) in [6.07, 6.45) is 6.22. The third-order valence-electron chi connectivity index (χ3n) is 8.42. The number of rotatable bonds is 6. The molecule has 0 atom stereocenters. The Morgan fingerprint density at radius 1 is 1.07 bits per heavy atom. The van der Waals surface area contributed by atoms with Crippen LogP contribution >= 0.6 is 0 Å². The first kappa shape index (κ1) is 25.3. The standard InChI is InChI=1S/C31H31N7O3/c1-41-23-15-20(16-23)26-17-24(28-29(32)33-18-34-37(26)28)19-10-12-21(13-11-19)35-30(39)27-25-9-5-6-14-36(25)38(31(27)40)22-7-3-2-4-8-22/h2-4,7-8,10-13,17-18,20,23H,5-6,9,14-16H2,1H3,(H,35,39)(H2,32,33,34). The average Bonchev–Trinajstić information content (AvgIpc) is 3.49. The number of amides is 1. The van der Waals surface area contributed by atoms with Gasteiger partial charge >= 0.3 is 0 Å². The van der Waals surface area contributed by atoms with Crippen LogP contribution in [0.1, 0.15) is 53.3 Å². The van der Waals surface area contributed by atoms with Crippen LogP contribution in [0.2, 0.25) is 0 Å². The van der Waals surface area contributed by atoms with Crippen molar-refractivity contribution in [2.45, 2.75) is 50.7 Å². The first-order chi connectivity index (χ1) is 20.0. The van der Waals surface area contributed by atoms with Gasteiger partial charge in [0, 0.05) is 36.5 Å². The van der Waals surface area contributed by atoms with Gasteiger partial charge in [0.1, 0.15) is 17.4 Å². The molecule has 10 nitrogen and oxygen atoms in total. The van der Waals surface area contributed by atoms with Gasteiger partial charge in [-0.25, -0.2) is 14.2 Å². The largest absolute Gasteiger partial charge is 0.382 e. The number of para-hydroxylation sites is 1. The zero-order chi connectivity index (χ0) is 28.1. The predicted octanol–water partition coefficient (Wildman–Crippen LogP) is 4.41. The van der Waals surface area contributed by atoms with E-state index in [1.165, 1.54) is 6.33 Å². The summed E-state index contributed by atoms with van der Waals surface area (Å²) in [5.74, 6) is 0.353. The minimum absolute atomic E-state index is 0.209. The van der Waals surface area contributed by atoms with Crippen molar-refractivity contribution in [3.05, 3.63) is 94.3 Å². The van der Waals surface area contributed by atoms with Crippen LogP contribution in [0.15, 0.2) is 71.8 Å². The summed E-state index contributed by atoms with van der Waals surface area (Å²) in [5.41, 5.74) is 12.1. The number of nitrogen functional groups attached to an aromatic ring is 1. The van der Waals surface area contributed by atoms with Gasteiger partial charge < -0.3 is 15.8 Å². The van der Waals surface area contributed by atoms with Crippen LogP contribution in [0.4, 0.5) is 11.5 Å². The molecule has 4 heterocycles. The van der Waals surface area contributed by atoms with Gasteiger partial charge in [-0.3, -0.25) is 14.3 Å². The van der Waals surface area contributed by atoms with Crippen molar-refractivity contribution >= 4 is 22.9 Å². The topological polar surface area (TPSA) is 121 Å². The fourth-order valence-corrected chi connectivity index (χ4v) is 6.22. The van der Waals surface area contributed by atoms with Crippen LogP contribution in [0.25, 0.3) is 22.3 Å². The maximum atomic E-state index is 13.6. The predicted molar refractivity (Wildman–Crippen MR) is 157 cm³/mol. The minimum Gasteiger partial charge on any atom is -0.382 e. The van der Waals surface area contributed by atoms with E-state index in [1.54, 1.807) is 11.8 Å². The van der Waals surface area contributed by atoms with E-state index in [-0.39, 0.29) is 17.2 Å². The molecule has 2 aliphatic rings. The second-order valence-corrected chi connectivity index (χ2v) is 10.8. The van der Waals surface area contributed by atoms with Crippen LogP contribution in [-0.2, 0) is 17.7 Å². The summed E-state index contributed by atoms with van der Waals surface area (Å²) in [7, 11) is 1.74. The molecule has 0 spiro atoms. The molecule has 0 radical (unpaired) electrons. The number of ether oxygens (including phenoxy) is 1. The molecule has 10 heteroatoms. The van der Waals surface area contributed by atoms with Crippen LogP contribution < -0.4 is 16.6 Å². The molecular formula is C31H31N7O3. The molecule has 0 saturated heterocycles. The molecule has 1 aliphatic heterocycles. The summed E-state index contributed by atoms with van der Waals surface area (Å²) >= 11 is 0. The van der Waals surface area contributed by atoms with Gasteiger partial charge in [-0.1, -0.05) is 30.3 Å². The van der Waals surface area contributed by atoms with Crippen molar-refractivity contribution in [1.29, 1.82) is 0 Å². The van der Waals surface area contributed by atoms with Crippen molar-refractivity contribution in [2.24, 2.45) is 0 Å². The summed E-state index contributed by atoms with van der Waals surface area (Å²) in [4.78, 5) is 31.3. The number of aromatic nitrogens is 5. The zero-order valence-electron chi connectivity index (χ0n) is 22.8. The molecule has 5 aromatic rings. The number of hydrogen-bond acceptors (Lipinski definition) is 6. The van der Waals surface area contributed by atoms with Gasteiger partial charge in [0.2, 0.25) is 0 Å². The van der Waals surface area contributed by atoms with E-state index in [9.17, 15) is 9.59 Å². The third kappa shape index (κ3) is 4.22. The van der Waals surface area contributed by atoms with E-state index in [2.05, 4.69) is 21.5 Å². The normalized spacial score (nSPS) is 18.2. The third-order valence-corrected chi connectivity index (χ3v) is 8.42. The molecule has 1 fully saturated rings. The van der Waals surface area contributed by atoms with Gasteiger partial charge in [-0.15, -0.1) is 0 Å². The van der Waals surface area contributed by atoms with Crippen molar-refractivity contribution in [1.82, 2.24) is 24.0 Å². The number of fused-ring (bicyclic) bond motifs is 2. The number of hydrogen-bond donors (Lipinski definition) is 2. The fourth-order valence-electron chi connectivity index (χ4n) is 6.22. The van der Waals surface area contributed by atoms with Crippen molar-refractivity contribution in [2.75, 3.05) is 18.2 Å². The minimum atomic E-state index is -0.394. The van der Waals surface area contributed by atoms with Gasteiger partial charge in [-0.05, 0) is 68.0 Å². The second-order valence-electron chi connectivity index (χ2n) is 10.8. The Bertz CT molecular complexity index is 1810. The lowest BCUT2D eigenvalue weighted by atomic mass is 9.80. The van der Waals surface area contributed by atoms with Crippen LogP contribution in [0, 0.1) is 0 Å². The molecule has 208 valence electrons. The highest BCUT2D eigenvalue weighted by atomic mass is 16.5. The summed E-state index contributed by atoms with van der Waals surface area (Å²) in [5, 5.41) is 7.45. The second kappa shape index (κ2) is 10.0. The highest BCUT2D eigenvalue weighted by Gasteiger charge is 2.34. The summed E-state index contributed by atoms with van der Waals surface area (Å²) in [6.45, 7) is 0.703. The van der Waals surface area contributed by atoms with E-state index in [0.717, 1.165) is 59.4 Å². The van der Waals surface area contributed by atoms with Crippen molar-refractivity contribution in [3.8, 4) is 16.8 Å². The number of carbonyl (C=O) groups excluding carboxylic acids is 1. The fraction of sp³-hybridized carbons (Fsp3) is 0.290. The highest BCUT2D eigenvalue weighted by Crippen LogP contribution is 2.42. The lowest BCUT2D eigenvalue weighted by Gasteiger charge is -2.33. The van der Waals surface area contributed by atoms with Gasteiger partial charge in [-0.2, -0.15) is 5.10 Å². The first-order valence-electron chi connectivity index (χ1n) is 14.0.